The molecular formula is C17H25ClN2O3. The van der Waals surface area contributed by atoms with Gasteiger partial charge in [-0.2, -0.15) is 0 Å². The summed E-state index contributed by atoms with van der Waals surface area (Å²) in [5.41, 5.74) is 6.88. The van der Waals surface area contributed by atoms with Gasteiger partial charge in [-0.1, -0.05) is 18.2 Å². The molecular weight excluding hydrogens is 316 g/mol. The van der Waals surface area contributed by atoms with Gasteiger partial charge < -0.3 is 20.1 Å². The van der Waals surface area contributed by atoms with Crippen LogP contribution in [-0.2, 0) is 4.79 Å². The van der Waals surface area contributed by atoms with E-state index in [2.05, 4.69) is 0 Å². The number of nitrogens with zero attached hydrogens (tertiary/aromatic N) is 1. The van der Waals surface area contributed by atoms with Crippen LogP contribution >= 0.6 is 12.4 Å². The molecule has 128 valence electrons. The van der Waals surface area contributed by atoms with Gasteiger partial charge in [-0.15, -0.1) is 12.4 Å². The van der Waals surface area contributed by atoms with Crippen molar-refractivity contribution in [2.24, 2.45) is 5.73 Å². The van der Waals surface area contributed by atoms with Crippen molar-refractivity contribution in [3.63, 3.8) is 0 Å². The lowest BCUT2D eigenvalue weighted by Gasteiger charge is -2.30. The van der Waals surface area contributed by atoms with Crippen molar-refractivity contribution in [2.45, 2.75) is 25.8 Å². The fraction of sp³-hybridized carbons (Fsp3) is 0.471. The largest absolute Gasteiger partial charge is 0.493 e. The number of benzene rings is 1. The van der Waals surface area contributed by atoms with Gasteiger partial charge in [0.05, 0.1) is 7.11 Å². The highest BCUT2D eigenvalue weighted by Crippen LogP contribution is 2.28. The lowest BCUT2D eigenvalue weighted by molar-refractivity contribution is -0.134. The molecule has 2 N–H and O–H groups in total. The lowest BCUT2D eigenvalue weighted by Crippen LogP contribution is -2.44. The van der Waals surface area contributed by atoms with Crippen molar-refractivity contribution in [3.05, 3.63) is 29.8 Å². The third-order valence-corrected chi connectivity index (χ3v) is 3.79. The summed E-state index contributed by atoms with van der Waals surface area (Å²) >= 11 is 0. The Morgan fingerprint density at radius 3 is 2.65 bits per heavy atom. The number of hydrogen-bond donors (Lipinski definition) is 1. The molecule has 2 rings (SSSR count). The van der Waals surface area contributed by atoms with Crippen molar-refractivity contribution in [1.29, 1.82) is 0 Å². The number of likely N-dealkylation sites (tertiary alicyclic amines) is 1. The minimum atomic E-state index is -0.00789. The Balaban J connectivity index is 0.00000264. The van der Waals surface area contributed by atoms with Crippen LogP contribution < -0.4 is 15.2 Å². The maximum atomic E-state index is 12.2. The fourth-order valence-corrected chi connectivity index (χ4v) is 2.48. The summed E-state index contributed by atoms with van der Waals surface area (Å²) in [6, 6.07) is 5.86. The van der Waals surface area contributed by atoms with E-state index in [1.807, 2.05) is 42.2 Å². The van der Waals surface area contributed by atoms with Crippen LogP contribution in [0.1, 0.15) is 25.3 Å². The first kappa shape index (κ1) is 19.3. The van der Waals surface area contributed by atoms with E-state index in [0.717, 1.165) is 18.4 Å². The molecule has 0 radical (unpaired) electrons. The second-order valence-electron chi connectivity index (χ2n) is 5.42. The standard InChI is InChI=1S/C17H24N2O3.ClH/c1-3-4-13-5-6-15(16(11-13)21-2)22-12-17(20)19-9-7-14(18)8-10-19;/h3-6,11,14H,7-10,12,18H2,1-2H3;1H/b4-3+;. The summed E-state index contributed by atoms with van der Waals surface area (Å²) in [6.07, 6.45) is 5.65. The van der Waals surface area contributed by atoms with E-state index >= 15 is 0 Å². The zero-order chi connectivity index (χ0) is 15.9. The number of methoxy groups -OCH3 is 1. The average molecular weight is 341 g/mol. The molecule has 1 amide bonds. The number of allylic oxidation sites excluding steroid dienone is 1. The SMILES string of the molecule is C/C=C/c1ccc(OCC(=O)N2CCC(N)CC2)c(OC)c1.Cl. The number of carbonyl (C=O) groups is 1. The van der Waals surface area contributed by atoms with Crippen LogP contribution in [0.5, 0.6) is 11.5 Å². The molecule has 6 heteroatoms. The average Bonchev–Trinajstić information content (AvgIpc) is 2.54. The zero-order valence-electron chi connectivity index (χ0n) is 13.7. The van der Waals surface area contributed by atoms with Crippen molar-refractivity contribution < 1.29 is 14.3 Å². The molecule has 1 aliphatic heterocycles. The summed E-state index contributed by atoms with van der Waals surface area (Å²) in [5.74, 6) is 1.20. The molecule has 0 atom stereocenters. The highest BCUT2D eigenvalue weighted by atomic mass is 35.5. The summed E-state index contributed by atoms with van der Waals surface area (Å²) in [5, 5.41) is 0. The molecule has 1 aliphatic rings. The summed E-state index contributed by atoms with van der Waals surface area (Å²) in [7, 11) is 1.59. The van der Waals surface area contributed by atoms with E-state index < -0.39 is 0 Å². The predicted molar refractivity (Wildman–Crippen MR) is 94.2 cm³/mol. The summed E-state index contributed by atoms with van der Waals surface area (Å²) in [6.45, 7) is 3.40. The molecule has 0 saturated carbocycles. The van der Waals surface area contributed by atoms with Crippen molar-refractivity contribution >= 4 is 24.4 Å². The number of nitrogens with two attached hydrogens (primary N) is 1. The van der Waals surface area contributed by atoms with E-state index in [9.17, 15) is 4.79 Å². The van der Waals surface area contributed by atoms with Gasteiger partial charge in [0.15, 0.2) is 18.1 Å². The molecule has 23 heavy (non-hydrogen) atoms. The van der Waals surface area contributed by atoms with Gasteiger partial charge in [0, 0.05) is 19.1 Å². The van der Waals surface area contributed by atoms with E-state index in [1.165, 1.54) is 0 Å². The second-order valence-corrected chi connectivity index (χ2v) is 5.42. The number of ether oxygens (including phenoxy) is 2. The Morgan fingerprint density at radius 2 is 2.04 bits per heavy atom. The first-order valence-corrected chi connectivity index (χ1v) is 7.61. The maximum Gasteiger partial charge on any atom is 0.260 e. The van der Waals surface area contributed by atoms with Crippen LogP contribution in [0.2, 0.25) is 0 Å². The van der Waals surface area contributed by atoms with Crippen molar-refractivity contribution in [3.8, 4) is 11.5 Å². The van der Waals surface area contributed by atoms with Crippen LogP contribution in [0, 0.1) is 0 Å². The van der Waals surface area contributed by atoms with Crippen LogP contribution in [0.25, 0.3) is 6.08 Å². The molecule has 0 unspecified atom stereocenters. The smallest absolute Gasteiger partial charge is 0.260 e. The number of halogens is 1. The molecule has 1 heterocycles. The van der Waals surface area contributed by atoms with Gasteiger partial charge in [-0.3, -0.25) is 4.79 Å². The number of amides is 1. The summed E-state index contributed by atoms with van der Waals surface area (Å²) < 4.78 is 11.0. The topological polar surface area (TPSA) is 64.8 Å². The number of hydrogen-bond acceptors (Lipinski definition) is 4. The molecule has 0 aliphatic carbocycles. The maximum absolute atomic E-state index is 12.2. The van der Waals surface area contributed by atoms with Gasteiger partial charge in [0.1, 0.15) is 0 Å². The highest BCUT2D eigenvalue weighted by Gasteiger charge is 2.21. The molecule has 0 aromatic heterocycles. The Morgan fingerprint density at radius 1 is 1.35 bits per heavy atom. The molecule has 1 aromatic rings. The Hall–Kier alpha value is -1.72. The van der Waals surface area contributed by atoms with E-state index in [0.29, 0.717) is 24.6 Å². The van der Waals surface area contributed by atoms with E-state index in [4.69, 9.17) is 15.2 Å². The highest BCUT2D eigenvalue weighted by molar-refractivity contribution is 5.85. The third kappa shape index (κ3) is 5.44. The van der Waals surface area contributed by atoms with Gasteiger partial charge in [0.25, 0.3) is 5.91 Å². The van der Waals surface area contributed by atoms with Gasteiger partial charge in [-0.25, -0.2) is 0 Å². The van der Waals surface area contributed by atoms with Gasteiger partial charge in [-0.05, 0) is 37.5 Å². The first-order valence-electron chi connectivity index (χ1n) is 7.61. The zero-order valence-corrected chi connectivity index (χ0v) is 14.5. The van der Waals surface area contributed by atoms with Gasteiger partial charge >= 0.3 is 0 Å². The number of piperidine rings is 1. The normalized spacial score (nSPS) is 15.3. The summed E-state index contributed by atoms with van der Waals surface area (Å²) in [4.78, 5) is 14.0. The van der Waals surface area contributed by atoms with E-state index in [1.54, 1.807) is 7.11 Å². The third-order valence-electron chi connectivity index (χ3n) is 3.79. The van der Waals surface area contributed by atoms with Crippen LogP contribution in [0.3, 0.4) is 0 Å². The second kappa shape index (κ2) is 9.43. The van der Waals surface area contributed by atoms with Crippen LogP contribution in [0.4, 0.5) is 0 Å². The molecule has 5 nitrogen and oxygen atoms in total. The molecule has 0 spiro atoms. The minimum absolute atomic E-state index is 0. The minimum Gasteiger partial charge on any atom is -0.493 e. The fourth-order valence-electron chi connectivity index (χ4n) is 2.48. The molecule has 1 fully saturated rings. The van der Waals surface area contributed by atoms with Crippen molar-refractivity contribution in [2.75, 3.05) is 26.8 Å². The molecule has 1 aromatic carbocycles. The first-order chi connectivity index (χ1) is 10.6. The van der Waals surface area contributed by atoms with Crippen LogP contribution in [-0.4, -0.2) is 43.7 Å². The molecule has 1 saturated heterocycles. The predicted octanol–water partition coefficient (Wildman–Crippen LogP) is 2.48. The number of rotatable bonds is 5. The quantitative estimate of drug-likeness (QED) is 0.894. The number of carbonyl (C=O) groups excluding carboxylic acids is 1. The lowest BCUT2D eigenvalue weighted by atomic mass is 10.1. The van der Waals surface area contributed by atoms with Gasteiger partial charge in [0.2, 0.25) is 0 Å². The Bertz CT molecular complexity index is 541. The molecule has 0 bridgehead atoms. The van der Waals surface area contributed by atoms with Crippen molar-refractivity contribution in [1.82, 2.24) is 4.90 Å². The van der Waals surface area contributed by atoms with Crippen LogP contribution in [0.15, 0.2) is 24.3 Å². The monoisotopic (exact) mass is 340 g/mol. The Kier molecular flexibility index (Phi) is 7.92. The Labute approximate surface area is 143 Å². The van der Waals surface area contributed by atoms with E-state index in [-0.39, 0.29) is 31.0 Å².